The van der Waals surface area contributed by atoms with Gasteiger partial charge in [0, 0.05) is 17.0 Å². The lowest BCUT2D eigenvalue weighted by Gasteiger charge is -2.12. The number of fused-ring (bicyclic) bond motifs is 1. The van der Waals surface area contributed by atoms with Gasteiger partial charge in [0.05, 0.1) is 11.7 Å². The molecule has 1 heterocycles. The van der Waals surface area contributed by atoms with E-state index < -0.39 is 0 Å². The summed E-state index contributed by atoms with van der Waals surface area (Å²) in [6, 6.07) is 16.3. The van der Waals surface area contributed by atoms with Crippen LogP contribution in [0.4, 0.5) is 5.69 Å². The maximum absolute atomic E-state index is 12.5. The van der Waals surface area contributed by atoms with Gasteiger partial charge in [-0.25, -0.2) is 0 Å². The van der Waals surface area contributed by atoms with Crippen LogP contribution in [0.3, 0.4) is 0 Å². The van der Waals surface area contributed by atoms with Crippen LogP contribution in [-0.2, 0) is 4.79 Å². The molecular formula is C19H19N3O. The summed E-state index contributed by atoms with van der Waals surface area (Å²) < 4.78 is 0. The minimum atomic E-state index is 0.0975. The van der Waals surface area contributed by atoms with Gasteiger partial charge >= 0.3 is 0 Å². The molecule has 23 heavy (non-hydrogen) atoms. The quantitative estimate of drug-likeness (QED) is 0.766. The number of aromatic amines is 1. The lowest BCUT2D eigenvalue weighted by molar-refractivity contribution is -0.119. The Kier molecular flexibility index (Phi) is 3.58. The first-order valence-corrected chi connectivity index (χ1v) is 8.08. The van der Waals surface area contributed by atoms with Gasteiger partial charge in [-0.1, -0.05) is 30.3 Å². The molecule has 0 spiro atoms. The zero-order valence-corrected chi connectivity index (χ0v) is 12.8. The molecular weight excluding hydrogens is 286 g/mol. The number of nitrogens with one attached hydrogen (secondary N) is 2. The van der Waals surface area contributed by atoms with Crippen LogP contribution in [0.2, 0.25) is 0 Å². The average molecular weight is 305 g/mol. The second-order valence-electron chi connectivity index (χ2n) is 6.28. The van der Waals surface area contributed by atoms with E-state index in [1.807, 2.05) is 24.3 Å². The summed E-state index contributed by atoms with van der Waals surface area (Å²) >= 11 is 0. The van der Waals surface area contributed by atoms with Crippen molar-refractivity contribution in [1.29, 1.82) is 0 Å². The predicted molar refractivity (Wildman–Crippen MR) is 91.2 cm³/mol. The molecule has 4 rings (SSSR count). The van der Waals surface area contributed by atoms with Crippen molar-refractivity contribution >= 4 is 22.5 Å². The molecule has 0 bridgehead atoms. The van der Waals surface area contributed by atoms with Crippen molar-refractivity contribution < 1.29 is 4.79 Å². The highest BCUT2D eigenvalue weighted by atomic mass is 16.1. The SMILES string of the molecule is O=C(Nc1ccc2[nH]ncc2c1)C1CC[C@H](c2ccccc2)C1. The molecule has 2 aromatic carbocycles. The van der Waals surface area contributed by atoms with E-state index in [0.717, 1.165) is 35.9 Å². The third-order valence-corrected chi connectivity index (χ3v) is 4.78. The number of rotatable bonds is 3. The Morgan fingerprint density at radius 2 is 2.00 bits per heavy atom. The van der Waals surface area contributed by atoms with Gasteiger partial charge in [0.15, 0.2) is 0 Å². The van der Waals surface area contributed by atoms with Crippen molar-refractivity contribution in [3.05, 3.63) is 60.3 Å². The smallest absolute Gasteiger partial charge is 0.227 e. The number of benzene rings is 2. The Morgan fingerprint density at radius 1 is 1.13 bits per heavy atom. The fourth-order valence-corrected chi connectivity index (χ4v) is 3.51. The maximum atomic E-state index is 12.5. The van der Waals surface area contributed by atoms with E-state index in [9.17, 15) is 4.79 Å². The molecule has 1 fully saturated rings. The Balaban J connectivity index is 1.43. The van der Waals surface area contributed by atoms with Crippen LogP contribution >= 0.6 is 0 Å². The van der Waals surface area contributed by atoms with E-state index in [1.54, 1.807) is 6.20 Å². The molecule has 1 aromatic heterocycles. The summed E-state index contributed by atoms with van der Waals surface area (Å²) in [6.07, 6.45) is 4.75. The number of anilines is 1. The fourth-order valence-electron chi connectivity index (χ4n) is 3.51. The molecule has 0 saturated heterocycles. The zero-order chi connectivity index (χ0) is 15.6. The van der Waals surface area contributed by atoms with Crippen LogP contribution in [0.1, 0.15) is 30.7 Å². The first kappa shape index (κ1) is 14.0. The number of carbonyl (C=O) groups excluding carboxylic acids is 1. The third-order valence-electron chi connectivity index (χ3n) is 4.78. The molecule has 2 N–H and O–H groups in total. The number of nitrogens with zero attached hydrogens (tertiary/aromatic N) is 1. The number of amides is 1. The monoisotopic (exact) mass is 305 g/mol. The second kappa shape index (κ2) is 5.88. The molecule has 1 aliphatic carbocycles. The van der Waals surface area contributed by atoms with Crippen molar-refractivity contribution in [3.8, 4) is 0 Å². The normalized spacial score (nSPS) is 20.7. The summed E-state index contributed by atoms with van der Waals surface area (Å²) in [7, 11) is 0. The molecule has 3 aromatic rings. The Morgan fingerprint density at radius 3 is 2.87 bits per heavy atom. The minimum absolute atomic E-state index is 0.0975. The summed E-state index contributed by atoms with van der Waals surface area (Å²) in [5.74, 6) is 0.731. The number of hydrogen-bond acceptors (Lipinski definition) is 2. The standard InChI is InChI=1S/C19H19N3O/c23-19(21-17-8-9-18-16(11-17)12-20-22-18)15-7-6-14(10-15)13-4-2-1-3-5-13/h1-5,8-9,11-12,14-15H,6-7,10H2,(H,20,22)(H,21,23)/t14-,15?/m0/s1. The van der Waals surface area contributed by atoms with Crippen LogP contribution in [-0.4, -0.2) is 16.1 Å². The summed E-state index contributed by atoms with van der Waals surface area (Å²) in [6.45, 7) is 0. The highest BCUT2D eigenvalue weighted by Crippen LogP contribution is 2.38. The first-order valence-electron chi connectivity index (χ1n) is 8.08. The highest BCUT2D eigenvalue weighted by Gasteiger charge is 2.30. The van der Waals surface area contributed by atoms with Gasteiger partial charge in [-0.2, -0.15) is 5.10 Å². The summed E-state index contributed by atoms with van der Waals surface area (Å²) in [4.78, 5) is 12.5. The van der Waals surface area contributed by atoms with Crippen LogP contribution < -0.4 is 5.32 Å². The van der Waals surface area contributed by atoms with Gasteiger partial charge in [0.1, 0.15) is 0 Å². The Labute approximate surface area is 134 Å². The van der Waals surface area contributed by atoms with E-state index in [-0.39, 0.29) is 11.8 Å². The summed E-state index contributed by atoms with van der Waals surface area (Å²) in [5, 5.41) is 11.0. The average Bonchev–Trinajstić information content (AvgIpc) is 3.24. The molecule has 1 aliphatic rings. The van der Waals surface area contributed by atoms with Crippen LogP contribution in [0.15, 0.2) is 54.7 Å². The van der Waals surface area contributed by atoms with Gasteiger partial charge in [0.25, 0.3) is 0 Å². The second-order valence-corrected chi connectivity index (χ2v) is 6.28. The molecule has 4 nitrogen and oxygen atoms in total. The third kappa shape index (κ3) is 2.84. The molecule has 2 atom stereocenters. The van der Waals surface area contributed by atoms with Crippen molar-refractivity contribution in [3.63, 3.8) is 0 Å². The minimum Gasteiger partial charge on any atom is -0.326 e. The van der Waals surface area contributed by atoms with Gasteiger partial charge in [-0.3, -0.25) is 9.89 Å². The number of H-pyrrole nitrogens is 1. The van der Waals surface area contributed by atoms with E-state index in [1.165, 1.54) is 5.56 Å². The Hall–Kier alpha value is -2.62. The fraction of sp³-hybridized carbons (Fsp3) is 0.263. The lowest BCUT2D eigenvalue weighted by atomic mass is 9.96. The molecule has 0 radical (unpaired) electrons. The van der Waals surface area contributed by atoms with E-state index in [4.69, 9.17) is 0 Å². The highest BCUT2D eigenvalue weighted by molar-refractivity contribution is 5.95. The summed E-state index contributed by atoms with van der Waals surface area (Å²) in [5.41, 5.74) is 3.17. The largest absolute Gasteiger partial charge is 0.326 e. The number of aromatic nitrogens is 2. The molecule has 0 aliphatic heterocycles. The molecule has 116 valence electrons. The van der Waals surface area contributed by atoms with Gasteiger partial charge in [-0.05, 0) is 48.9 Å². The van der Waals surface area contributed by atoms with Crippen molar-refractivity contribution in [2.45, 2.75) is 25.2 Å². The van der Waals surface area contributed by atoms with Gasteiger partial charge < -0.3 is 5.32 Å². The molecule has 1 amide bonds. The van der Waals surface area contributed by atoms with Crippen LogP contribution in [0, 0.1) is 5.92 Å². The Bertz CT molecular complexity index is 825. The first-order chi connectivity index (χ1) is 11.3. The van der Waals surface area contributed by atoms with Crippen molar-refractivity contribution in [2.24, 2.45) is 5.92 Å². The van der Waals surface area contributed by atoms with Crippen LogP contribution in [0.25, 0.3) is 10.9 Å². The lowest BCUT2D eigenvalue weighted by Crippen LogP contribution is -2.20. The van der Waals surface area contributed by atoms with E-state index >= 15 is 0 Å². The zero-order valence-electron chi connectivity index (χ0n) is 12.8. The topological polar surface area (TPSA) is 57.8 Å². The van der Waals surface area contributed by atoms with E-state index in [2.05, 4.69) is 39.8 Å². The van der Waals surface area contributed by atoms with Gasteiger partial charge in [-0.15, -0.1) is 0 Å². The molecule has 4 heteroatoms. The predicted octanol–water partition coefficient (Wildman–Crippen LogP) is 4.09. The van der Waals surface area contributed by atoms with Gasteiger partial charge in [0.2, 0.25) is 5.91 Å². The van der Waals surface area contributed by atoms with Crippen molar-refractivity contribution in [2.75, 3.05) is 5.32 Å². The number of carbonyl (C=O) groups is 1. The number of hydrogen-bond donors (Lipinski definition) is 2. The molecule has 1 saturated carbocycles. The van der Waals surface area contributed by atoms with E-state index in [0.29, 0.717) is 5.92 Å². The maximum Gasteiger partial charge on any atom is 0.227 e. The van der Waals surface area contributed by atoms with Crippen molar-refractivity contribution in [1.82, 2.24) is 10.2 Å². The molecule has 1 unspecified atom stereocenters. The van der Waals surface area contributed by atoms with Crippen LogP contribution in [0.5, 0.6) is 0 Å².